The summed E-state index contributed by atoms with van der Waals surface area (Å²) in [6.45, 7) is -3.03. The fourth-order valence-corrected chi connectivity index (χ4v) is 4.92. The summed E-state index contributed by atoms with van der Waals surface area (Å²) in [4.78, 5) is 45.2. The Morgan fingerprint density at radius 3 is 2.87 bits per heavy atom. The summed E-state index contributed by atoms with van der Waals surface area (Å²) in [6, 6.07) is 5.52. The van der Waals surface area contributed by atoms with Gasteiger partial charge in [-0.25, -0.2) is 0 Å². The van der Waals surface area contributed by atoms with Gasteiger partial charge in [0.15, 0.2) is 6.10 Å². The molecule has 0 spiro atoms. The van der Waals surface area contributed by atoms with Crippen molar-refractivity contribution in [2.24, 2.45) is 0 Å². The van der Waals surface area contributed by atoms with Crippen LogP contribution in [0.5, 0.6) is 0 Å². The van der Waals surface area contributed by atoms with Crippen molar-refractivity contribution < 1.29 is 23.4 Å². The number of morpholine rings is 1. The van der Waals surface area contributed by atoms with Gasteiger partial charge in [0, 0.05) is 23.8 Å². The summed E-state index contributed by atoms with van der Waals surface area (Å²) in [6.07, 6.45) is 0.247. The number of halogens is 2. The number of aromatic nitrogens is 4. The smallest absolute Gasteiger partial charge is 0.321 e. The van der Waals surface area contributed by atoms with E-state index in [0.717, 1.165) is 28.7 Å². The lowest BCUT2D eigenvalue weighted by molar-refractivity contribution is -0.157. The number of aliphatic hydroxyl groups is 1. The zero-order valence-electron chi connectivity index (χ0n) is 19.8. The number of aliphatic hydroxyl groups excluding tert-OH is 1. The topological polar surface area (TPSA) is 192 Å². The van der Waals surface area contributed by atoms with E-state index in [-0.39, 0.29) is 46.3 Å². The summed E-state index contributed by atoms with van der Waals surface area (Å²) >= 11 is 1.04. The minimum atomic E-state index is -3.02. The van der Waals surface area contributed by atoms with Crippen LogP contribution in [-0.4, -0.2) is 59.9 Å². The number of nitrogens with zero attached hydrogens (tertiary/aromatic N) is 4. The van der Waals surface area contributed by atoms with Crippen LogP contribution in [0.4, 0.5) is 20.3 Å². The average Bonchev–Trinajstić information content (AvgIpc) is 3.29. The Morgan fingerprint density at radius 2 is 2.10 bits per heavy atom. The monoisotopic (exact) mass is 558 g/mol. The summed E-state index contributed by atoms with van der Waals surface area (Å²) in [5.74, 6) is -0.934. The van der Waals surface area contributed by atoms with Gasteiger partial charge in [0.05, 0.1) is 34.4 Å². The SMILES string of the molecule is N=C(/C=C\Nc1ccc(=O)n(C(F)F)c1)N1CCOC(C(O)c2nc(=O)c3c(ccc4c(N)nsc43)[nH]2)C1=O. The molecule has 4 aromatic rings. The van der Waals surface area contributed by atoms with Crippen LogP contribution in [0.15, 0.2) is 52.3 Å². The number of nitrogen functional groups attached to an aromatic ring is 1. The Hall–Kier alpha value is -4.54. The number of pyridine rings is 1. The van der Waals surface area contributed by atoms with Crippen molar-refractivity contribution in [1.82, 2.24) is 23.8 Å². The summed E-state index contributed by atoms with van der Waals surface area (Å²) in [5, 5.41) is 22.7. The van der Waals surface area contributed by atoms with Crippen LogP contribution in [0.25, 0.3) is 21.0 Å². The number of aromatic amines is 1. The van der Waals surface area contributed by atoms with E-state index in [2.05, 4.69) is 19.7 Å². The Bertz CT molecular complexity index is 1750. The van der Waals surface area contributed by atoms with Gasteiger partial charge >= 0.3 is 6.55 Å². The molecule has 6 N–H and O–H groups in total. The van der Waals surface area contributed by atoms with E-state index in [0.29, 0.717) is 15.6 Å². The quantitative estimate of drug-likeness (QED) is 0.172. The van der Waals surface area contributed by atoms with Crippen molar-refractivity contribution in [2.45, 2.75) is 18.8 Å². The Morgan fingerprint density at radius 1 is 1.31 bits per heavy atom. The number of amidine groups is 1. The molecule has 202 valence electrons. The number of benzene rings is 1. The van der Waals surface area contributed by atoms with Crippen LogP contribution in [0.3, 0.4) is 0 Å². The minimum absolute atomic E-state index is 0.00788. The number of H-pyrrole nitrogens is 1. The first-order chi connectivity index (χ1) is 18.7. The molecule has 0 radical (unpaired) electrons. The number of alkyl halides is 2. The van der Waals surface area contributed by atoms with Crippen molar-refractivity contribution >= 4 is 55.8 Å². The highest BCUT2D eigenvalue weighted by molar-refractivity contribution is 7.14. The van der Waals surface area contributed by atoms with Gasteiger partial charge in [0.2, 0.25) is 0 Å². The third-order valence-corrected chi connectivity index (χ3v) is 6.88. The second-order valence-electron chi connectivity index (χ2n) is 8.39. The summed E-state index contributed by atoms with van der Waals surface area (Å²) < 4.78 is 36.1. The van der Waals surface area contributed by atoms with Gasteiger partial charge in [-0.05, 0) is 35.8 Å². The van der Waals surface area contributed by atoms with Crippen molar-refractivity contribution in [3.8, 4) is 0 Å². The molecule has 0 bridgehead atoms. The molecule has 0 saturated carbocycles. The van der Waals surface area contributed by atoms with Gasteiger partial charge in [0.1, 0.15) is 23.6 Å². The van der Waals surface area contributed by atoms with Gasteiger partial charge in [-0.3, -0.25) is 29.3 Å². The van der Waals surface area contributed by atoms with Crippen LogP contribution in [-0.2, 0) is 9.53 Å². The fraction of sp³-hybridized carbons (Fsp3) is 0.217. The molecule has 39 heavy (non-hydrogen) atoms. The Balaban J connectivity index is 1.32. The molecule has 1 aromatic carbocycles. The van der Waals surface area contributed by atoms with E-state index in [4.69, 9.17) is 15.9 Å². The number of amides is 1. The number of hydrogen-bond acceptors (Lipinski definition) is 11. The van der Waals surface area contributed by atoms with Gasteiger partial charge in [-0.2, -0.15) is 18.1 Å². The lowest BCUT2D eigenvalue weighted by Crippen LogP contribution is -2.52. The molecule has 4 heterocycles. The fourth-order valence-electron chi connectivity index (χ4n) is 4.07. The lowest BCUT2D eigenvalue weighted by Gasteiger charge is -2.33. The van der Waals surface area contributed by atoms with Crippen molar-refractivity contribution in [3.05, 3.63) is 69.3 Å². The summed E-state index contributed by atoms with van der Waals surface area (Å²) in [7, 11) is 0. The second kappa shape index (κ2) is 10.3. The molecule has 13 nitrogen and oxygen atoms in total. The third kappa shape index (κ3) is 4.87. The normalized spacial score (nSPS) is 17.0. The number of hydrogen-bond donors (Lipinski definition) is 5. The zero-order valence-corrected chi connectivity index (χ0v) is 20.6. The van der Waals surface area contributed by atoms with Gasteiger partial charge in [-0.1, -0.05) is 0 Å². The van der Waals surface area contributed by atoms with E-state index >= 15 is 0 Å². The van der Waals surface area contributed by atoms with Gasteiger partial charge in [-0.15, -0.1) is 0 Å². The highest BCUT2D eigenvalue weighted by Gasteiger charge is 2.38. The first-order valence-electron chi connectivity index (χ1n) is 11.4. The van der Waals surface area contributed by atoms with E-state index in [1.54, 1.807) is 12.1 Å². The number of rotatable bonds is 6. The summed E-state index contributed by atoms with van der Waals surface area (Å²) in [5.41, 5.74) is 4.83. The molecule has 0 aliphatic carbocycles. The largest absolute Gasteiger partial charge is 0.382 e. The number of anilines is 2. The lowest BCUT2D eigenvalue weighted by atomic mass is 10.1. The number of ether oxygens (including phenoxy) is 1. The first kappa shape index (κ1) is 26.1. The molecular formula is C23H20F2N8O5S. The predicted molar refractivity (Wildman–Crippen MR) is 139 cm³/mol. The van der Waals surface area contributed by atoms with Gasteiger partial charge in [0.25, 0.3) is 17.0 Å². The molecular weight excluding hydrogens is 538 g/mol. The average molecular weight is 559 g/mol. The maximum absolute atomic E-state index is 13.1. The molecule has 1 amide bonds. The van der Waals surface area contributed by atoms with Crippen LogP contribution < -0.4 is 22.2 Å². The number of nitrogens with one attached hydrogen (secondary N) is 3. The van der Waals surface area contributed by atoms with E-state index in [1.165, 1.54) is 18.3 Å². The van der Waals surface area contributed by atoms with E-state index in [1.807, 2.05) is 0 Å². The highest BCUT2D eigenvalue weighted by Crippen LogP contribution is 2.30. The van der Waals surface area contributed by atoms with E-state index < -0.39 is 35.8 Å². The Labute approximate surface area is 220 Å². The minimum Gasteiger partial charge on any atom is -0.382 e. The molecule has 1 aliphatic rings. The number of fused-ring (bicyclic) bond motifs is 3. The molecule has 2 atom stereocenters. The standard InChI is InChI=1S/C23H20F2N8O5S/c24-23(25)33-9-10(1-4-14(33)34)28-6-5-13(26)32-7-8-38-17(22(32)37)16(35)20-29-12-3-2-11-18(39-31-19(11)27)15(12)21(36)30-20/h1-6,9,16-17,23,26,28,35H,7-8H2,(H2,27,31)(H,29,30,36)/b6-5-,26-13?. The molecule has 1 saturated heterocycles. The van der Waals surface area contributed by atoms with Crippen molar-refractivity contribution in [3.63, 3.8) is 0 Å². The van der Waals surface area contributed by atoms with Crippen LogP contribution in [0.1, 0.15) is 18.5 Å². The van der Waals surface area contributed by atoms with E-state index in [9.17, 15) is 28.3 Å². The number of carbonyl (C=O) groups excluding carboxylic acids is 1. The van der Waals surface area contributed by atoms with Crippen LogP contribution >= 0.6 is 11.5 Å². The molecule has 3 aromatic heterocycles. The zero-order chi connectivity index (χ0) is 27.8. The first-order valence-corrected chi connectivity index (χ1v) is 12.1. The third-order valence-electron chi connectivity index (χ3n) is 5.99. The Kier molecular flexibility index (Phi) is 6.90. The van der Waals surface area contributed by atoms with Crippen molar-refractivity contribution in [2.75, 3.05) is 24.2 Å². The number of nitrogens with two attached hydrogens (primary N) is 1. The van der Waals surface area contributed by atoms with Crippen molar-refractivity contribution in [1.29, 1.82) is 5.41 Å². The van der Waals surface area contributed by atoms with Crippen LogP contribution in [0, 0.1) is 5.41 Å². The molecule has 2 unspecified atom stereocenters. The van der Waals surface area contributed by atoms with Gasteiger partial charge < -0.3 is 25.9 Å². The highest BCUT2D eigenvalue weighted by atomic mass is 32.1. The predicted octanol–water partition coefficient (Wildman–Crippen LogP) is 1.54. The van der Waals surface area contributed by atoms with Crippen LogP contribution in [0.2, 0.25) is 0 Å². The molecule has 16 heteroatoms. The molecule has 1 fully saturated rings. The molecule has 1 aliphatic heterocycles. The maximum atomic E-state index is 13.1. The maximum Gasteiger partial charge on any atom is 0.321 e. The molecule has 5 rings (SSSR count). The second-order valence-corrected chi connectivity index (χ2v) is 9.16. The number of carbonyl (C=O) groups is 1.